The average molecular weight is 248 g/mol. The van der Waals surface area contributed by atoms with Crippen molar-refractivity contribution in [2.45, 2.75) is 40.2 Å². The summed E-state index contributed by atoms with van der Waals surface area (Å²) in [6.07, 6.45) is 2.36. The molecule has 102 valence electrons. The molecule has 1 aromatic carbocycles. The lowest BCUT2D eigenvalue weighted by Crippen LogP contribution is -2.32. The van der Waals surface area contributed by atoms with Crippen molar-refractivity contribution in [2.24, 2.45) is 0 Å². The second kappa shape index (κ2) is 9.12. The minimum Gasteiger partial charge on any atom is -0.311 e. The Kier molecular flexibility index (Phi) is 7.70. The first-order chi connectivity index (χ1) is 8.80. The van der Waals surface area contributed by atoms with Gasteiger partial charge in [-0.1, -0.05) is 45.0 Å². The molecule has 0 bridgehead atoms. The molecule has 2 nitrogen and oxygen atoms in total. The first kappa shape index (κ1) is 15.2. The largest absolute Gasteiger partial charge is 0.311 e. The van der Waals surface area contributed by atoms with E-state index in [2.05, 4.69) is 55.3 Å². The van der Waals surface area contributed by atoms with Crippen LogP contribution in [0.25, 0.3) is 0 Å². The molecule has 0 heterocycles. The number of nitrogens with one attached hydrogen (secondary N) is 1. The maximum absolute atomic E-state index is 3.52. The second-order valence-corrected chi connectivity index (χ2v) is 4.78. The van der Waals surface area contributed by atoms with Crippen molar-refractivity contribution in [3.63, 3.8) is 0 Å². The van der Waals surface area contributed by atoms with Crippen molar-refractivity contribution < 1.29 is 0 Å². The Bertz CT molecular complexity index is 305. The number of hydrogen-bond donors (Lipinski definition) is 1. The number of aryl methyl sites for hydroxylation is 1. The standard InChI is InChI=1S/C16H28N2/c1-4-12-18(6-3)13-11-17-14-16-9-7-15(5-2)8-10-16/h7-10,17H,4-6,11-14H2,1-3H3. The predicted octanol–water partition coefficient (Wildman–Crippen LogP) is 3.07. The molecule has 0 saturated heterocycles. The zero-order valence-electron chi connectivity index (χ0n) is 12.2. The van der Waals surface area contributed by atoms with Crippen molar-refractivity contribution in [1.82, 2.24) is 10.2 Å². The smallest absolute Gasteiger partial charge is 0.0206 e. The molecule has 0 aliphatic carbocycles. The van der Waals surface area contributed by atoms with Crippen LogP contribution >= 0.6 is 0 Å². The summed E-state index contributed by atoms with van der Waals surface area (Å²) in [5.41, 5.74) is 2.80. The van der Waals surface area contributed by atoms with Crippen LogP contribution in [-0.2, 0) is 13.0 Å². The summed E-state index contributed by atoms with van der Waals surface area (Å²) in [7, 11) is 0. The van der Waals surface area contributed by atoms with Crippen LogP contribution in [0.2, 0.25) is 0 Å². The van der Waals surface area contributed by atoms with E-state index in [1.807, 2.05) is 0 Å². The van der Waals surface area contributed by atoms with E-state index < -0.39 is 0 Å². The van der Waals surface area contributed by atoms with Gasteiger partial charge in [0, 0.05) is 19.6 Å². The van der Waals surface area contributed by atoms with Crippen molar-refractivity contribution in [3.8, 4) is 0 Å². The fourth-order valence-electron chi connectivity index (χ4n) is 2.11. The van der Waals surface area contributed by atoms with Crippen LogP contribution in [0.4, 0.5) is 0 Å². The van der Waals surface area contributed by atoms with E-state index in [1.54, 1.807) is 0 Å². The van der Waals surface area contributed by atoms with Gasteiger partial charge < -0.3 is 10.2 Å². The number of likely N-dealkylation sites (N-methyl/N-ethyl adjacent to an activating group) is 1. The van der Waals surface area contributed by atoms with Crippen LogP contribution in [0.5, 0.6) is 0 Å². The van der Waals surface area contributed by atoms with Crippen molar-refractivity contribution >= 4 is 0 Å². The fourth-order valence-corrected chi connectivity index (χ4v) is 2.11. The number of rotatable bonds is 9. The van der Waals surface area contributed by atoms with Gasteiger partial charge in [0.05, 0.1) is 0 Å². The van der Waals surface area contributed by atoms with Crippen LogP contribution in [0.3, 0.4) is 0 Å². The summed E-state index contributed by atoms with van der Waals surface area (Å²) in [6, 6.07) is 8.92. The van der Waals surface area contributed by atoms with Gasteiger partial charge in [-0.15, -0.1) is 0 Å². The van der Waals surface area contributed by atoms with Crippen LogP contribution in [-0.4, -0.2) is 31.1 Å². The van der Waals surface area contributed by atoms with E-state index in [0.717, 1.165) is 32.6 Å². The summed E-state index contributed by atoms with van der Waals surface area (Å²) >= 11 is 0. The summed E-state index contributed by atoms with van der Waals surface area (Å²) in [6.45, 7) is 12.2. The lowest BCUT2D eigenvalue weighted by molar-refractivity contribution is 0.287. The van der Waals surface area contributed by atoms with Gasteiger partial charge in [-0.2, -0.15) is 0 Å². The molecular weight excluding hydrogens is 220 g/mol. The normalized spacial score (nSPS) is 11.1. The molecule has 0 amide bonds. The van der Waals surface area contributed by atoms with Crippen molar-refractivity contribution in [2.75, 3.05) is 26.2 Å². The average Bonchev–Trinajstić information content (AvgIpc) is 2.43. The first-order valence-electron chi connectivity index (χ1n) is 7.31. The molecule has 0 saturated carbocycles. The van der Waals surface area contributed by atoms with Gasteiger partial charge in [0.1, 0.15) is 0 Å². The lowest BCUT2D eigenvalue weighted by atomic mass is 10.1. The highest BCUT2D eigenvalue weighted by Gasteiger charge is 1.99. The maximum atomic E-state index is 3.52. The number of nitrogens with zero attached hydrogens (tertiary/aromatic N) is 1. The highest BCUT2D eigenvalue weighted by molar-refractivity contribution is 5.22. The van der Waals surface area contributed by atoms with Gasteiger partial charge >= 0.3 is 0 Å². The van der Waals surface area contributed by atoms with Gasteiger partial charge in [0.25, 0.3) is 0 Å². The Morgan fingerprint density at radius 2 is 1.61 bits per heavy atom. The number of benzene rings is 1. The van der Waals surface area contributed by atoms with Gasteiger partial charge in [0.2, 0.25) is 0 Å². The van der Waals surface area contributed by atoms with Gasteiger partial charge in [0.15, 0.2) is 0 Å². The molecule has 0 radical (unpaired) electrons. The molecule has 1 rings (SSSR count). The SMILES string of the molecule is CCCN(CC)CCNCc1ccc(CC)cc1. The summed E-state index contributed by atoms with van der Waals surface area (Å²) < 4.78 is 0. The number of hydrogen-bond acceptors (Lipinski definition) is 2. The zero-order chi connectivity index (χ0) is 13.2. The molecule has 0 unspecified atom stereocenters. The summed E-state index contributed by atoms with van der Waals surface area (Å²) in [5.74, 6) is 0. The Balaban J connectivity index is 2.20. The zero-order valence-corrected chi connectivity index (χ0v) is 12.2. The molecule has 1 aromatic rings. The van der Waals surface area contributed by atoms with E-state index in [9.17, 15) is 0 Å². The molecular formula is C16H28N2. The van der Waals surface area contributed by atoms with Crippen molar-refractivity contribution in [3.05, 3.63) is 35.4 Å². The third-order valence-corrected chi connectivity index (χ3v) is 3.35. The summed E-state index contributed by atoms with van der Waals surface area (Å²) in [4.78, 5) is 2.49. The van der Waals surface area contributed by atoms with E-state index in [1.165, 1.54) is 24.1 Å². The molecule has 0 atom stereocenters. The molecule has 0 aliphatic rings. The Morgan fingerprint density at radius 1 is 0.944 bits per heavy atom. The highest BCUT2D eigenvalue weighted by Crippen LogP contribution is 2.04. The van der Waals surface area contributed by atoms with Crippen LogP contribution in [0.1, 0.15) is 38.3 Å². The van der Waals surface area contributed by atoms with E-state index in [-0.39, 0.29) is 0 Å². The lowest BCUT2D eigenvalue weighted by Gasteiger charge is -2.19. The minimum atomic E-state index is 0.980. The fraction of sp³-hybridized carbons (Fsp3) is 0.625. The highest BCUT2D eigenvalue weighted by atomic mass is 15.1. The maximum Gasteiger partial charge on any atom is 0.0206 e. The van der Waals surface area contributed by atoms with Crippen LogP contribution in [0, 0.1) is 0 Å². The first-order valence-corrected chi connectivity index (χ1v) is 7.31. The quantitative estimate of drug-likeness (QED) is 0.676. The molecule has 0 aromatic heterocycles. The van der Waals surface area contributed by atoms with E-state index in [4.69, 9.17) is 0 Å². The second-order valence-electron chi connectivity index (χ2n) is 4.78. The molecule has 0 aliphatic heterocycles. The molecule has 0 spiro atoms. The molecule has 0 fully saturated rings. The van der Waals surface area contributed by atoms with Crippen molar-refractivity contribution in [1.29, 1.82) is 0 Å². The van der Waals surface area contributed by atoms with Gasteiger partial charge in [-0.05, 0) is 37.1 Å². The summed E-state index contributed by atoms with van der Waals surface area (Å²) in [5, 5.41) is 3.52. The van der Waals surface area contributed by atoms with E-state index in [0.29, 0.717) is 0 Å². The van der Waals surface area contributed by atoms with Gasteiger partial charge in [-0.3, -0.25) is 0 Å². The Morgan fingerprint density at radius 3 is 2.17 bits per heavy atom. The molecule has 1 N–H and O–H groups in total. The van der Waals surface area contributed by atoms with Crippen LogP contribution < -0.4 is 5.32 Å². The minimum absolute atomic E-state index is 0.980. The third kappa shape index (κ3) is 5.65. The monoisotopic (exact) mass is 248 g/mol. The molecule has 2 heteroatoms. The topological polar surface area (TPSA) is 15.3 Å². The van der Waals surface area contributed by atoms with E-state index >= 15 is 0 Å². The molecule has 18 heavy (non-hydrogen) atoms. The van der Waals surface area contributed by atoms with Crippen LogP contribution in [0.15, 0.2) is 24.3 Å². The van der Waals surface area contributed by atoms with Gasteiger partial charge in [-0.25, -0.2) is 0 Å². The Labute approximate surface area is 112 Å². The predicted molar refractivity (Wildman–Crippen MR) is 79.9 cm³/mol. The Hall–Kier alpha value is -0.860. The third-order valence-electron chi connectivity index (χ3n) is 3.35.